The van der Waals surface area contributed by atoms with Crippen molar-refractivity contribution >= 4 is 23.2 Å². The summed E-state index contributed by atoms with van der Waals surface area (Å²) in [5.74, 6) is 0.112. The van der Waals surface area contributed by atoms with Crippen LogP contribution in [0.5, 0.6) is 5.75 Å². The van der Waals surface area contributed by atoms with E-state index in [2.05, 4.69) is 5.32 Å². The van der Waals surface area contributed by atoms with Gasteiger partial charge in [0.2, 0.25) is 0 Å². The lowest BCUT2D eigenvalue weighted by Crippen LogP contribution is -2.28. The van der Waals surface area contributed by atoms with Gasteiger partial charge in [0.25, 0.3) is 11.6 Å². The van der Waals surface area contributed by atoms with Crippen molar-refractivity contribution in [3.05, 3.63) is 69.2 Å². The van der Waals surface area contributed by atoms with Gasteiger partial charge >= 0.3 is 0 Å². The number of carbonyl (C=O) groups is 1. The van der Waals surface area contributed by atoms with Crippen LogP contribution in [0.1, 0.15) is 5.56 Å². The number of nitrogens with zero attached hydrogens (tertiary/aromatic N) is 1. The summed E-state index contributed by atoms with van der Waals surface area (Å²) in [6.45, 7) is 0.213. The maximum atomic E-state index is 11.7. The first-order valence-corrected chi connectivity index (χ1v) is 6.81. The number of nitro benzene ring substituents is 1. The lowest BCUT2D eigenvalue weighted by atomic mass is 10.2. The van der Waals surface area contributed by atoms with Crippen molar-refractivity contribution in [2.24, 2.45) is 0 Å². The van der Waals surface area contributed by atoms with Crippen molar-refractivity contribution in [2.75, 3.05) is 6.61 Å². The van der Waals surface area contributed by atoms with Gasteiger partial charge < -0.3 is 10.1 Å². The van der Waals surface area contributed by atoms with Gasteiger partial charge in [-0.1, -0.05) is 23.7 Å². The van der Waals surface area contributed by atoms with Crippen LogP contribution in [-0.2, 0) is 11.3 Å². The van der Waals surface area contributed by atoms with Gasteiger partial charge in [0.05, 0.1) is 4.92 Å². The average Bonchev–Trinajstić information content (AvgIpc) is 2.52. The van der Waals surface area contributed by atoms with E-state index >= 15 is 0 Å². The summed E-state index contributed by atoms with van der Waals surface area (Å²) in [6, 6.07) is 12.7. The molecule has 6 nitrogen and oxygen atoms in total. The van der Waals surface area contributed by atoms with E-state index in [9.17, 15) is 14.9 Å². The third-order valence-electron chi connectivity index (χ3n) is 2.82. The van der Waals surface area contributed by atoms with Crippen LogP contribution in [0.3, 0.4) is 0 Å². The molecular weight excluding hydrogens is 308 g/mol. The van der Waals surface area contributed by atoms with Crippen LogP contribution in [0.25, 0.3) is 0 Å². The van der Waals surface area contributed by atoms with E-state index in [0.717, 1.165) is 5.56 Å². The second-order valence-electron chi connectivity index (χ2n) is 4.44. The highest BCUT2D eigenvalue weighted by Gasteiger charge is 2.06. The van der Waals surface area contributed by atoms with E-state index in [1.807, 2.05) is 12.1 Å². The highest BCUT2D eigenvalue weighted by Crippen LogP contribution is 2.17. The predicted octanol–water partition coefficient (Wildman–Crippen LogP) is 2.94. The number of amides is 1. The van der Waals surface area contributed by atoms with Crippen LogP contribution in [0.2, 0.25) is 5.02 Å². The predicted molar refractivity (Wildman–Crippen MR) is 81.9 cm³/mol. The molecule has 2 aromatic rings. The molecule has 0 unspecified atom stereocenters. The molecule has 2 rings (SSSR count). The zero-order chi connectivity index (χ0) is 15.9. The fourth-order valence-electron chi connectivity index (χ4n) is 1.67. The summed E-state index contributed by atoms with van der Waals surface area (Å²) in [6.07, 6.45) is 0. The molecule has 1 N–H and O–H groups in total. The Labute approximate surface area is 131 Å². The fourth-order valence-corrected chi connectivity index (χ4v) is 1.79. The highest BCUT2D eigenvalue weighted by molar-refractivity contribution is 6.30. The average molecular weight is 321 g/mol. The monoisotopic (exact) mass is 320 g/mol. The third kappa shape index (κ3) is 4.75. The number of benzene rings is 2. The summed E-state index contributed by atoms with van der Waals surface area (Å²) in [5.41, 5.74) is 0.896. The molecule has 0 spiro atoms. The molecule has 0 aliphatic heterocycles. The number of non-ortho nitro benzene ring substituents is 1. The zero-order valence-corrected chi connectivity index (χ0v) is 12.2. The van der Waals surface area contributed by atoms with Crippen LogP contribution >= 0.6 is 11.6 Å². The summed E-state index contributed by atoms with van der Waals surface area (Å²) in [7, 11) is 0. The van der Waals surface area contributed by atoms with Crippen molar-refractivity contribution < 1.29 is 14.5 Å². The molecule has 0 aliphatic carbocycles. The van der Waals surface area contributed by atoms with Crippen LogP contribution in [0.4, 0.5) is 5.69 Å². The summed E-state index contributed by atoms with van der Waals surface area (Å²) >= 11 is 5.77. The summed E-state index contributed by atoms with van der Waals surface area (Å²) < 4.78 is 5.25. The molecule has 0 saturated heterocycles. The first-order valence-electron chi connectivity index (χ1n) is 6.43. The second kappa shape index (κ2) is 7.42. The largest absolute Gasteiger partial charge is 0.484 e. The van der Waals surface area contributed by atoms with E-state index in [0.29, 0.717) is 17.3 Å². The number of nitrogens with one attached hydrogen (secondary N) is 1. The molecule has 7 heteroatoms. The van der Waals surface area contributed by atoms with Gasteiger partial charge in [-0.15, -0.1) is 0 Å². The molecular formula is C15H13ClN2O4. The SMILES string of the molecule is O=C(COc1ccc([N+](=O)[O-])cc1)NCc1ccc(Cl)cc1. The van der Waals surface area contributed by atoms with Crippen LogP contribution in [0.15, 0.2) is 48.5 Å². The van der Waals surface area contributed by atoms with Crippen molar-refractivity contribution in [1.82, 2.24) is 5.32 Å². The normalized spacial score (nSPS) is 10.0. The molecule has 2 aromatic carbocycles. The van der Waals surface area contributed by atoms with Crippen LogP contribution in [-0.4, -0.2) is 17.4 Å². The smallest absolute Gasteiger partial charge is 0.269 e. The molecule has 114 valence electrons. The molecule has 0 radical (unpaired) electrons. The first kappa shape index (κ1) is 15.8. The maximum Gasteiger partial charge on any atom is 0.269 e. The standard InChI is InChI=1S/C15H13ClN2O4/c16-12-3-1-11(2-4-12)9-17-15(19)10-22-14-7-5-13(6-8-14)18(20)21/h1-8H,9-10H2,(H,17,19). The minimum Gasteiger partial charge on any atom is -0.484 e. The third-order valence-corrected chi connectivity index (χ3v) is 3.07. The Balaban J connectivity index is 1.77. The summed E-state index contributed by atoms with van der Waals surface area (Å²) in [4.78, 5) is 21.7. The number of hydrogen-bond acceptors (Lipinski definition) is 4. The fraction of sp³-hybridized carbons (Fsp3) is 0.133. The van der Waals surface area contributed by atoms with Crippen LogP contribution < -0.4 is 10.1 Å². The number of ether oxygens (including phenoxy) is 1. The van der Waals surface area contributed by atoms with Crippen molar-refractivity contribution in [3.8, 4) is 5.75 Å². The van der Waals surface area contributed by atoms with Gasteiger partial charge in [0, 0.05) is 23.7 Å². The molecule has 0 saturated carbocycles. The van der Waals surface area contributed by atoms with Gasteiger partial charge in [-0.25, -0.2) is 0 Å². The molecule has 0 aliphatic rings. The lowest BCUT2D eigenvalue weighted by molar-refractivity contribution is -0.384. The maximum absolute atomic E-state index is 11.7. The molecule has 0 heterocycles. The van der Waals surface area contributed by atoms with Gasteiger partial charge in [-0.05, 0) is 29.8 Å². The molecule has 0 atom stereocenters. The van der Waals surface area contributed by atoms with E-state index in [1.54, 1.807) is 12.1 Å². The number of nitro groups is 1. The number of hydrogen-bond donors (Lipinski definition) is 1. The molecule has 0 fully saturated rings. The number of carbonyl (C=O) groups excluding carboxylic acids is 1. The Hall–Kier alpha value is -2.60. The first-order chi connectivity index (χ1) is 10.5. The second-order valence-corrected chi connectivity index (χ2v) is 4.88. The van der Waals surface area contributed by atoms with Crippen molar-refractivity contribution in [2.45, 2.75) is 6.54 Å². The van der Waals surface area contributed by atoms with Crippen LogP contribution in [0, 0.1) is 10.1 Å². The molecule has 0 bridgehead atoms. The minimum absolute atomic E-state index is 0.0282. The van der Waals surface area contributed by atoms with Gasteiger partial charge in [0.15, 0.2) is 6.61 Å². The Morgan fingerprint density at radius 1 is 1.14 bits per heavy atom. The van der Waals surface area contributed by atoms with E-state index in [1.165, 1.54) is 24.3 Å². The van der Waals surface area contributed by atoms with Crippen molar-refractivity contribution in [3.63, 3.8) is 0 Å². The Bertz CT molecular complexity index is 656. The Kier molecular flexibility index (Phi) is 5.32. The van der Waals surface area contributed by atoms with Gasteiger partial charge in [0.1, 0.15) is 5.75 Å². The highest BCUT2D eigenvalue weighted by atomic mass is 35.5. The van der Waals surface area contributed by atoms with Gasteiger partial charge in [-0.3, -0.25) is 14.9 Å². The number of halogens is 1. The van der Waals surface area contributed by atoms with Gasteiger partial charge in [-0.2, -0.15) is 0 Å². The molecule has 0 aromatic heterocycles. The summed E-state index contributed by atoms with van der Waals surface area (Å²) in [5, 5.41) is 13.9. The lowest BCUT2D eigenvalue weighted by Gasteiger charge is -2.07. The zero-order valence-electron chi connectivity index (χ0n) is 11.5. The van der Waals surface area contributed by atoms with Crippen molar-refractivity contribution in [1.29, 1.82) is 0 Å². The van der Waals surface area contributed by atoms with E-state index < -0.39 is 4.92 Å². The minimum atomic E-state index is -0.497. The molecule has 22 heavy (non-hydrogen) atoms. The van der Waals surface area contributed by atoms with E-state index in [-0.39, 0.29) is 18.2 Å². The Morgan fingerprint density at radius 3 is 2.36 bits per heavy atom. The topological polar surface area (TPSA) is 81.5 Å². The Morgan fingerprint density at radius 2 is 1.77 bits per heavy atom. The van der Waals surface area contributed by atoms with E-state index in [4.69, 9.17) is 16.3 Å². The number of rotatable bonds is 6. The molecule has 1 amide bonds. The quantitative estimate of drug-likeness (QED) is 0.655.